The molecule has 3 nitrogen and oxygen atoms in total. The molecule has 1 N–H and O–H groups in total. The van der Waals surface area contributed by atoms with Gasteiger partial charge in [0.05, 0.1) is 6.61 Å². The summed E-state index contributed by atoms with van der Waals surface area (Å²) in [5.74, 6) is -0.555. The second kappa shape index (κ2) is 6.55. The molecule has 100 valence electrons. The first kappa shape index (κ1) is 14.7. The van der Waals surface area contributed by atoms with Crippen molar-refractivity contribution in [3.8, 4) is 0 Å². The number of ether oxygens (including phenoxy) is 1. The van der Waals surface area contributed by atoms with Gasteiger partial charge in [0, 0.05) is 6.42 Å². The third kappa shape index (κ3) is 4.88. The van der Waals surface area contributed by atoms with Gasteiger partial charge < -0.3 is 9.84 Å². The molecule has 0 saturated heterocycles. The minimum absolute atomic E-state index is 0.339. The van der Waals surface area contributed by atoms with Crippen molar-refractivity contribution in [2.45, 2.75) is 40.2 Å². The van der Waals surface area contributed by atoms with Gasteiger partial charge in [-0.2, -0.15) is 0 Å². The van der Waals surface area contributed by atoms with Crippen LogP contribution in [0.15, 0.2) is 18.2 Å². The van der Waals surface area contributed by atoms with Crippen molar-refractivity contribution in [2.24, 2.45) is 5.92 Å². The van der Waals surface area contributed by atoms with Crippen molar-refractivity contribution in [1.82, 2.24) is 0 Å². The lowest BCUT2D eigenvalue weighted by Crippen LogP contribution is -2.28. The van der Waals surface area contributed by atoms with Gasteiger partial charge in [0.25, 0.3) is 0 Å². The maximum Gasteiger partial charge on any atom is 0.333 e. The van der Waals surface area contributed by atoms with Crippen LogP contribution in [-0.4, -0.2) is 23.8 Å². The van der Waals surface area contributed by atoms with Crippen LogP contribution in [0.25, 0.3) is 0 Å². The second-order valence-electron chi connectivity index (χ2n) is 5.25. The van der Waals surface area contributed by atoms with Gasteiger partial charge in [0.1, 0.15) is 0 Å². The molecule has 0 aromatic heterocycles. The molecular formula is C15H22O3. The van der Waals surface area contributed by atoms with Crippen LogP contribution >= 0.6 is 0 Å². The Labute approximate surface area is 109 Å². The van der Waals surface area contributed by atoms with Gasteiger partial charge in [-0.05, 0) is 25.3 Å². The Balaban J connectivity index is 2.73. The number of carboxylic acids is 1. The van der Waals surface area contributed by atoms with E-state index < -0.39 is 12.1 Å². The fraction of sp³-hybridized carbons (Fsp3) is 0.533. The van der Waals surface area contributed by atoms with Crippen LogP contribution < -0.4 is 0 Å². The number of carboxylic acid groups (broad SMARTS) is 1. The third-order valence-electron chi connectivity index (χ3n) is 2.61. The molecule has 0 bridgehead atoms. The average molecular weight is 250 g/mol. The lowest BCUT2D eigenvalue weighted by Gasteiger charge is -2.16. The summed E-state index contributed by atoms with van der Waals surface area (Å²) in [5, 5.41) is 9.16. The van der Waals surface area contributed by atoms with E-state index in [-0.39, 0.29) is 0 Å². The molecular weight excluding hydrogens is 228 g/mol. The summed E-state index contributed by atoms with van der Waals surface area (Å²) in [4.78, 5) is 11.2. The molecule has 0 spiro atoms. The minimum atomic E-state index is -0.894. The lowest BCUT2D eigenvalue weighted by atomic mass is 10.0. The van der Waals surface area contributed by atoms with Gasteiger partial charge >= 0.3 is 5.97 Å². The first-order chi connectivity index (χ1) is 8.38. The van der Waals surface area contributed by atoms with Crippen LogP contribution in [0.1, 0.15) is 30.5 Å². The van der Waals surface area contributed by atoms with Gasteiger partial charge in [0.15, 0.2) is 6.10 Å². The van der Waals surface area contributed by atoms with E-state index in [0.29, 0.717) is 18.9 Å². The highest BCUT2D eigenvalue weighted by Gasteiger charge is 2.19. The first-order valence-electron chi connectivity index (χ1n) is 6.30. The van der Waals surface area contributed by atoms with E-state index in [1.807, 2.05) is 39.8 Å². The summed E-state index contributed by atoms with van der Waals surface area (Å²) >= 11 is 0. The van der Waals surface area contributed by atoms with Crippen molar-refractivity contribution in [1.29, 1.82) is 0 Å². The molecule has 0 aliphatic carbocycles. The molecule has 1 unspecified atom stereocenters. The molecule has 1 atom stereocenters. The number of hydrogen-bond acceptors (Lipinski definition) is 2. The van der Waals surface area contributed by atoms with E-state index in [2.05, 4.69) is 6.07 Å². The Morgan fingerprint density at radius 1 is 1.22 bits per heavy atom. The largest absolute Gasteiger partial charge is 0.479 e. The molecule has 1 aromatic rings. The van der Waals surface area contributed by atoms with Crippen molar-refractivity contribution in [3.63, 3.8) is 0 Å². The Kier molecular flexibility index (Phi) is 5.35. The number of benzene rings is 1. The molecule has 0 aliphatic heterocycles. The molecule has 0 aliphatic rings. The fourth-order valence-corrected chi connectivity index (χ4v) is 1.93. The second-order valence-corrected chi connectivity index (χ2v) is 5.25. The van der Waals surface area contributed by atoms with Crippen molar-refractivity contribution in [2.75, 3.05) is 6.61 Å². The van der Waals surface area contributed by atoms with Crippen LogP contribution in [0.4, 0.5) is 0 Å². The number of rotatable bonds is 6. The molecule has 0 heterocycles. The maximum absolute atomic E-state index is 11.2. The summed E-state index contributed by atoms with van der Waals surface area (Å²) < 4.78 is 5.45. The Morgan fingerprint density at radius 2 is 1.78 bits per heavy atom. The first-order valence-corrected chi connectivity index (χ1v) is 6.30. The fourth-order valence-electron chi connectivity index (χ4n) is 1.93. The molecule has 1 aromatic carbocycles. The van der Waals surface area contributed by atoms with E-state index >= 15 is 0 Å². The van der Waals surface area contributed by atoms with Crippen molar-refractivity contribution < 1.29 is 14.6 Å². The summed E-state index contributed by atoms with van der Waals surface area (Å²) in [5.41, 5.74) is 3.32. The van der Waals surface area contributed by atoms with Crippen LogP contribution in [-0.2, 0) is 16.0 Å². The topological polar surface area (TPSA) is 46.5 Å². The number of hydrogen-bond donors (Lipinski definition) is 1. The Hall–Kier alpha value is -1.35. The van der Waals surface area contributed by atoms with Crippen molar-refractivity contribution >= 4 is 5.97 Å². The number of carbonyl (C=O) groups is 1. The molecule has 0 fully saturated rings. The Bertz CT molecular complexity index is 390. The van der Waals surface area contributed by atoms with E-state index in [0.717, 1.165) is 16.7 Å². The number of aliphatic carboxylic acids is 1. The van der Waals surface area contributed by atoms with Crippen molar-refractivity contribution in [3.05, 3.63) is 34.9 Å². The highest BCUT2D eigenvalue weighted by atomic mass is 16.5. The molecule has 1 rings (SSSR count). The SMILES string of the molecule is Cc1cc(C)cc(CC(OCC(C)C)C(=O)O)c1. The van der Waals surface area contributed by atoms with Crippen LogP contribution in [0.5, 0.6) is 0 Å². The lowest BCUT2D eigenvalue weighted by molar-refractivity contribution is -0.150. The smallest absolute Gasteiger partial charge is 0.333 e. The van der Waals surface area contributed by atoms with Gasteiger partial charge in [-0.15, -0.1) is 0 Å². The predicted molar refractivity (Wildman–Crippen MR) is 71.8 cm³/mol. The molecule has 18 heavy (non-hydrogen) atoms. The van der Waals surface area contributed by atoms with Gasteiger partial charge in [-0.3, -0.25) is 0 Å². The molecule has 0 radical (unpaired) electrons. The van der Waals surface area contributed by atoms with Crippen LogP contribution in [0.3, 0.4) is 0 Å². The van der Waals surface area contributed by atoms with E-state index in [9.17, 15) is 4.79 Å². The Morgan fingerprint density at radius 3 is 2.22 bits per heavy atom. The molecule has 0 amide bonds. The molecule has 3 heteroatoms. The summed E-state index contributed by atoms with van der Waals surface area (Å²) in [7, 11) is 0. The minimum Gasteiger partial charge on any atom is -0.479 e. The van der Waals surface area contributed by atoms with Gasteiger partial charge in [0.2, 0.25) is 0 Å². The zero-order valence-electron chi connectivity index (χ0n) is 11.6. The summed E-state index contributed by atoms with van der Waals surface area (Å²) in [6, 6.07) is 6.11. The van der Waals surface area contributed by atoms with Crippen LogP contribution in [0.2, 0.25) is 0 Å². The average Bonchev–Trinajstić information content (AvgIpc) is 2.22. The zero-order valence-corrected chi connectivity index (χ0v) is 11.6. The van der Waals surface area contributed by atoms with E-state index in [4.69, 9.17) is 9.84 Å². The normalized spacial score (nSPS) is 12.7. The third-order valence-corrected chi connectivity index (χ3v) is 2.61. The highest BCUT2D eigenvalue weighted by Crippen LogP contribution is 2.13. The molecule has 0 saturated carbocycles. The zero-order chi connectivity index (χ0) is 13.7. The van der Waals surface area contributed by atoms with Gasteiger partial charge in [-0.1, -0.05) is 43.2 Å². The predicted octanol–water partition coefficient (Wildman–Crippen LogP) is 2.97. The van der Waals surface area contributed by atoms with Gasteiger partial charge in [-0.25, -0.2) is 4.79 Å². The number of aryl methyl sites for hydroxylation is 2. The standard InChI is InChI=1S/C15H22O3/c1-10(2)9-18-14(15(16)17)8-13-6-11(3)5-12(4)7-13/h5-7,10,14H,8-9H2,1-4H3,(H,16,17). The quantitative estimate of drug-likeness (QED) is 0.844. The highest BCUT2D eigenvalue weighted by molar-refractivity contribution is 5.72. The maximum atomic E-state index is 11.2. The van der Waals surface area contributed by atoms with E-state index in [1.54, 1.807) is 0 Å². The van der Waals surface area contributed by atoms with E-state index in [1.165, 1.54) is 0 Å². The summed E-state index contributed by atoms with van der Waals surface area (Å²) in [6.45, 7) is 8.52. The summed E-state index contributed by atoms with van der Waals surface area (Å²) in [6.07, 6.45) is -0.335. The monoisotopic (exact) mass is 250 g/mol. The van der Waals surface area contributed by atoms with Crippen LogP contribution in [0, 0.1) is 19.8 Å².